The number of hydrogen-bond acceptors (Lipinski definition) is 2. The highest BCUT2D eigenvalue weighted by Crippen LogP contribution is 2.35. The third-order valence-corrected chi connectivity index (χ3v) is 1.71. The Kier molecular flexibility index (Phi) is 3.56. The van der Waals surface area contributed by atoms with E-state index >= 15 is 0 Å². The largest absolute Gasteiger partial charge is 0.488 e. The molecule has 2 N–H and O–H groups in total. The highest BCUT2D eigenvalue weighted by Gasteiger charge is 2.33. The Morgan fingerprint density at radius 1 is 1.25 bits per heavy atom. The average molecular weight is 241 g/mol. The molecule has 0 bridgehead atoms. The Morgan fingerprint density at radius 3 is 2.38 bits per heavy atom. The Balaban J connectivity index is 2.90. The molecule has 2 nitrogen and oxygen atoms in total. The normalized spacial score (nSPS) is 11.9. The Hall–Kier alpha value is -1.53. The smallest absolute Gasteiger partial charge is 0.418 e. The molecule has 0 saturated heterocycles. The fourth-order valence-corrected chi connectivity index (χ4v) is 1.03. The molecule has 0 unspecified atom stereocenters. The van der Waals surface area contributed by atoms with Crippen LogP contribution in [0.25, 0.3) is 0 Å². The predicted molar refractivity (Wildman–Crippen MR) is 47.4 cm³/mol. The summed E-state index contributed by atoms with van der Waals surface area (Å²) in [6.45, 7) is -0.957. The molecule has 0 aromatic heterocycles. The number of hydrogen-bond donors (Lipinski definition) is 1. The molecular weight excluding hydrogens is 233 g/mol. The van der Waals surface area contributed by atoms with Crippen LogP contribution >= 0.6 is 0 Å². The number of ether oxygens (including phenoxy) is 1. The number of nitrogens with two attached hydrogens (primary N) is 1. The van der Waals surface area contributed by atoms with Crippen molar-refractivity contribution >= 4 is 5.69 Å². The van der Waals surface area contributed by atoms with Gasteiger partial charge in [0, 0.05) is 5.69 Å². The quantitative estimate of drug-likeness (QED) is 0.652. The van der Waals surface area contributed by atoms with E-state index in [0.717, 1.165) is 12.1 Å². The number of nitrogen functional groups attached to an aromatic ring is 1. The molecule has 0 spiro atoms. The number of alkyl halides is 5. The topological polar surface area (TPSA) is 35.2 Å². The lowest BCUT2D eigenvalue weighted by Crippen LogP contribution is -2.11. The van der Waals surface area contributed by atoms with E-state index in [4.69, 9.17) is 5.73 Å². The molecule has 0 radical (unpaired) electrons. The number of anilines is 1. The predicted octanol–water partition coefficient (Wildman–Crippen LogP) is 2.93. The molecule has 0 amide bonds. The van der Waals surface area contributed by atoms with Gasteiger partial charge in [0.2, 0.25) is 0 Å². The minimum Gasteiger partial charge on any atom is -0.488 e. The second-order valence-corrected chi connectivity index (χ2v) is 2.95. The van der Waals surface area contributed by atoms with Gasteiger partial charge in [0.25, 0.3) is 6.43 Å². The zero-order valence-electron chi connectivity index (χ0n) is 7.89. The molecule has 1 aromatic rings. The van der Waals surface area contributed by atoms with Crippen molar-refractivity contribution in [1.82, 2.24) is 0 Å². The minimum absolute atomic E-state index is 0.290. The van der Waals surface area contributed by atoms with Gasteiger partial charge < -0.3 is 10.5 Å². The van der Waals surface area contributed by atoms with Crippen LogP contribution in [0.1, 0.15) is 5.56 Å². The van der Waals surface area contributed by atoms with E-state index in [1.54, 1.807) is 0 Å². The maximum absolute atomic E-state index is 12.3. The van der Waals surface area contributed by atoms with E-state index in [2.05, 4.69) is 4.74 Å². The van der Waals surface area contributed by atoms with Gasteiger partial charge in [-0.3, -0.25) is 0 Å². The highest BCUT2D eigenvalue weighted by atomic mass is 19.4. The molecule has 0 heterocycles. The summed E-state index contributed by atoms with van der Waals surface area (Å²) in [6.07, 6.45) is -7.37. The summed E-state index contributed by atoms with van der Waals surface area (Å²) in [7, 11) is 0. The fraction of sp³-hybridized carbons (Fsp3) is 0.333. The maximum Gasteiger partial charge on any atom is 0.418 e. The van der Waals surface area contributed by atoms with E-state index in [1.807, 2.05) is 0 Å². The summed E-state index contributed by atoms with van der Waals surface area (Å²) in [6, 6.07) is 2.66. The van der Waals surface area contributed by atoms with Gasteiger partial charge >= 0.3 is 6.18 Å². The summed E-state index contributed by atoms with van der Waals surface area (Å²) < 4.78 is 65.0. The molecule has 1 rings (SSSR count). The highest BCUT2D eigenvalue weighted by molar-refractivity contribution is 5.51. The van der Waals surface area contributed by atoms with E-state index in [-0.39, 0.29) is 5.75 Å². The van der Waals surface area contributed by atoms with Gasteiger partial charge in [0.05, 0.1) is 5.56 Å². The Bertz CT molecular complexity index is 363. The number of halogens is 5. The van der Waals surface area contributed by atoms with Gasteiger partial charge in [-0.05, 0) is 18.2 Å². The second kappa shape index (κ2) is 4.54. The van der Waals surface area contributed by atoms with Crippen LogP contribution in [-0.4, -0.2) is 13.0 Å². The van der Waals surface area contributed by atoms with Crippen molar-refractivity contribution in [3.63, 3.8) is 0 Å². The van der Waals surface area contributed by atoms with Gasteiger partial charge in [-0.2, -0.15) is 13.2 Å². The van der Waals surface area contributed by atoms with Crippen LogP contribution < -0.4 is 10.5 Å². The summed E-state index contributed by atoms with van der Waals surface area (Å²) in [5, 5.41) is 0. The Labute approximate surface area is 87.8 Å². The third-order valence-electron chi connectivity index (χ3n) is 1.71. The van der Waals surface area contributed by atoms with Crippen molar-refractivity contribution in [1.29, 1.82) is 0 Å². The van der Waals surface area contributed by atoms with Crippen LogP contribution in [0.4, 0.5) is 27.6 Å². The lowest BCUT2D eigenvalue weighted by Gasteiger charge is -2.12. The van der Waals surface area contributed by atoms with Crippen molar-refractivity contribution in [2.45, 2.75) is 12.6 Å². The second-order valence-electron chi connectivity index (χ2n) is 2.95. The first kappa shape index (κ1) is 12.5. The zero-order valence-corrected chi connectivity index (χ0v) is 7.89. The SMILES string of the molecule is Nc1ccc(OCC(F)F)cc1C(F)(F)F. The summed E-state index contributed by atoms with van der Waals surface area (Å²) in [5.41, 5.74) is 3.53. The average Bonchev–Trinajstić information content (AvgIpc) is 2.14. The maximum atomic E-state index is 12.3. The van der Waals surface area contributed by atoms with Crippen LogP contribution in [0.3, 0.4) is 0 Å². The number of rotatable bonds is 3. The molecule has 7 heteroatoms. The van der Waals surface area contributed by atoms with E-state index < -0.39 is 30.5 Å². The zero-order chi connectivity index (χ0) is 12.3. The van der Waals surface area contributed by atoms with Gasteiger partial charge in [0.15, 0.2) is 0 Å². The van der Waals surface area contributed by atoms with E-state index in [0.29, 0.717) is 6.07 Å². The van der Waals surface area contributed by atoms with Crippen LogP contribution in [-0.2, 0) is 6.18 Å². The standard InChI is InChI=1S/C9H8F5NO/c10-8(11)4-16-5-1-2-7(15)6(3-5)9(12,13)14/h1-3,8H,4,15H2. The molecule has 0 atom stereocenters. The summed E-state index contributed by atoms with van der Waals surface area (Å²) >= 11 is 0. The lowest BCUT2D eigenvalue weighted by molar-refractivity contribution is -0.137. The molecule has 1 aromatic carbocycles. The van der Waals surface area contributed by atoms with Crippen LogP contribution in [0.5, 0.6) is 5.75 Å². The van der Waals surface area contributed by atoms with Crippen molar-refractivity contribution < 1.29 is 26.7 Å². The molecule has 0 saturated carbocycles. The van der Waals surface area contributed by atoms with Crippen molar-refractivity contribution in [2.75, 3.05) is 12.3 Å². The van der Waals surface area contributed by atoms with E-state index in [1.165, 1.54) is 0 Å². The lowest BCUT2D eigenvalue weighted by atomic mass is 10.1. The van der Waals surface area contributed by atoms with Crippen LogP contribution in [0.2, 0.25) is 0 Å². The van der Waals surface area contributed by atoms with Crippen molar-refractivity contribution in [3.05, 3.63) is 23.8 Å². The van der Waals surface area contributed by atoms with Gasteiger partial charge in [-0.25, -0.2) is 8.78 Å². The Morgan fingerprint density at radius 2 is 1.88 bits per heavy atom. The van der Waals surface area contributed by atoms with Crippen molar-refractivity contribution in [2.24, 2.45) is 0 Å². The third kappa shape index (κ3) is 3.25. The van der Waals surface area contributed by atoms with Crippen LogP contribution in [0, 0.1) is 0 Å². The first-order valence-corrected chi connectivity index (χ1v) is 4.18. The molecule has 0 fully saturated rings. The molecule has 0 aliphatic carbocycles. The molecule has 16 heavy (non-hydrogen) atoms. The first-order chi connectivity index (χ1) is 7.30. The van der Waals surface area contributed by atoms with Crippen molar-refractivity contribution in [3.8, 4) is 5.75 Å². The molecule has 0 aliphatic heterocycles. The van der Waals surface area contributed by atoms with Gasteiger partial charge in [-0.1, -0.05) is 0 Å². The van der Waals surface area contributed by atoms with Crippen LogP contribution in [0.15, 0.2) is 18.2 Å². The fourth-order valence-electron chi connectivity index (χ4n) is 1.03. The molecular formula is C9H8F5NO. The van der Waals surface area contributed by atoms with E-state index in [9.17, 15) is 22.0 Å². The molecule has 90 valence electrons. The monoisotopic (exact) mass is 241 g/mol. The summed E-state index contributed by atoms with van der Waals surface area (Å²) in [4.78, 5) is 0. The number of benzene rings is 1. The first-order valence-electron chi connectivity index (χ1n) is 4.18. The minimum atomic E-state index is -4.63. The van der Waals surface area contributed by atoms with Gasteiger partial charge in [0.1, 0.15) is 12.4 Å². The molecule has 0 aliphatic rings. The van der Waals surface area contributed by atoms with Gasteiger partial charge in [-0.15, -0.1) is 0 Å². The summed E-state index contributed by atoms with van der Waals surface area (Å²) in [5.74, 6) is -0.290.